The zero-order valence-electron chi connectivity index (χ0n) is 18.1. The first-order chi connectivity index (χ1) is 16.3. The number of hydrogen-bond donors (Lipinski definition) is 1. The minimum absolute atomic E-state index is 0.238. The summed E-state index contributed by atoms with van der Waals surface area (Å²) in [5.74, 6) is 2.94. The minimum Gasteiger partial charge on any atom is -0.451 e. The summed E-state index contributed by atoms with van der Waals surface area (Å²) in [6.07, 6.45) is 3.43. The lowest BCUT2D eigenvalue weighted by Crippen LogP contribution is -2.32. The number of hydrogen-bond acceptors (Lipinski definition) is 7. The molecule has 0 atom stereocenters. The van der Waals surface area contributed by atoms with Crippen molar-refractivity contribution in [1.82, 2.24) is 14.9 Å². The van der Waals surface area contributed by atoms with E-state index in [2.05, 4.69) is 26.3 Å². The fraction of sp³-hybridized carbons (Fsp3) is 0.240. The lowest BCUT2D eigenvalue weighted by atomic mass is 10.1. The summed E-state index contributed by atoms with van der Waals surface area (Å²) < 4.78 is 6.03. The number of benzene rings is 2. The van der Waals surface area contributed by atoms with Crippen molar-refractivity contribution < 1.29 is 9.21 Å². The minimum atomic E-state index is -0.238. The van der Waals surface area contributed by atoms with Gasteiger partial charge in [-0.2, -0.15) is 11.8 Å². The maximum Gasteiger partial charge on any atom is 0.291 e. The van der Waals surface area contributed by atoms with Crippen LogP contribution in [0.25, 0.3) is 11.0 Å². The smallest absolute Gasteiger partial charge is 0.291 e. The molecule has 0 unspecified atom stereocenters. The fourth-order valence-corrected chi connectivity index (χ4v) is 5.69. The van der Waals surface area contributed by atoms with E-state index in [1.54, 1.807) is 18.5 Å². The molecule has 2 aromatic heterocycles. The number of para-hydroxylation sites is 2. The molecule has 6 nitrogen and oxygen atoms in total. The van der Waals surface area contributed by atoms with Crippen LogP contribution in [-0.4, -0.2) is 45.4 Å². The number of carbonyl (C=O) groups is 1. The third-order valence-electron chi connectivity index (χ3n) is 5.56. The predicted octanol–water partition coefficient (Wildman–Crippen LogP) is 5.32. The molecule has 3 heterocycles. The monoisotopic (exact) mass is 476 g/mol. The van der Waals surface area contributed by atoms with E-state index in [9.17, 15) is 4.79 Å². The standard InChI is InChI=1S/C25H24N4O2S2/c30-24(28-21-8-3-1-6-18(21)16-29-12-14-32-15-13-29)23-20(17-33-25-26-10-5-11-27-25)19-7-2-4-9-22(19)31-23/h1-11H,12-17H2,(H,28,30). The molecule has 0 radical (unpaired) electrons. The van der Waals surface area contributed by atoms with Crippen LogP contribution >= 0.6 is 23.5 Å². The second-order valence-corrected chi connectivity index (χ2v) is 9.89. The number of aromatic nitrogens is 2. The summed E-state index contributed by atoms with van der Waals surface area (Å²) in [5.41, 5.74) is 3.49. The van der Waals surface area contributed by atoms with Crippen molar-refractivity contribution in [2.24, 2.45) is 0 Å². The van der Waals surface area contributed by atoms with Crippen LogP contribution in [0, 0.1) is 0 Å². The van der Waals surface area contributed by atoms with Crippen LogP contribution in [0.3, 0.4) is 0 Å². The van der Waals surface area contributed by atoms with Crippen molar-refractivity contribution in [2.45, 2.75) is 17.5 Å². The highest BCUT2D eigenvalue weighted by Gasteiger charge is 2.22. The molecule has 168 valence electrons. The SMILES string of the molecule is O=C(Nc1ccccc1CN1CCSCC1)c1oc2ccccc2c1CSc1ncccn1. The average molecular weight is 477 g/mol. The Balaban J connectivity index is 1.40. The van der Waals surface area contributed by atoms with Crippen LogP contribution in [0.15, 0.2) is 76.6 Å². The first-order valence-corrected chi connectivity index (χ1v) is 13.0. The second kappa shape index (κ2) is 10.4. The number of nitrogens with one attached hydrogen (secondary N) is 1. The molecule has 4 aromatic rings. The van der Waals surface area contributed by atoms with Crippen molar-refractivity contribution in [3.8, 4) is 0 Å². The van der Waals surface area contributed by atoms with E-state index in [1.165, 1.54) is 11.8 Å². The number of anilines is 1. The lowest BCUT2D eigenvalue weighted by Gasteiger charge is -2.27. The van der Waals surface area contributed by atoms with Crippen LogP contribution in [0.4, 0.5) is 5.69 Å². The molecule has 0 spiro atoms. The van der Waals surface area contributed by atoms with Crippen molar-refractivity contribution in [3.63, 3.8) is 0 Å². The lowest BCUT2D eigenvalue weighted by molar-refractivity contribution is 0.0997. The quantitative estimate of drug-likeness (QED) is 0.286. The van der Waals surface area contributed by atoms with Gasteiger partial charge in [0.15, 0.2) is 10.9 Å². The third-order valence-corrected chi connectivity index (χ3v) is 7.40. The zero-order valence-corrected chi connectivity index (χ0v) is 19.7. The number of nitrogens with zero attached hydrogens (tertiary/aromatic N) is 3. The Morgan fingerprint density at radius 2 is 1.79 bits per heavy atom. The molecule has 1 aliphatic rings. The van der Waals surface area contributed by atoms with Gasteiger partial charge in [-0.3, -0.25) is 9.69 Å². The fourth-order valence-electron chi connectivity index (χ4n) is 3.88. The highest BCUT2D eigenvalue weighted by atomic mass is 32.2. The van der Waals surface area contributed by atoms with Gasteiger partial charge in [-0.25, -0.2) is 9.97 Å². The van der Waals surface area contributed by atoms with E-state index in [-0.39, 0.29) is 5.91 Å². The molecule has 1 N–H and O–H groups in total. The zero-order chi connectivity index (χ0) is 22.5. The summed E-state index contributed by atoms with van der Waals surface area (Å²) in [7, 11) is 0. The number of rotatable bonds is 7. The molecule has 1 aliphatic heterocycles. The van der Waals surface area contributed by atoms with Crippen LogP contribution in [-0.2, 0) is 12.3 Å². The van der Waals surface area contributed by atoms with Gasteiger partial charge in [0.2, 0.25) is 0 Å². The highest BCUT2D eigenvalue weighted by Crippen LogP contribution is 2.32. The van der Waals surface area contributed by atoms with Crippen LogP contribution in [0.2, 0.25) is 0 Å². The van der Waals surface area contributed by atoms with Gasteiger partial charge < -0.3 is 9.73 Å². The van der Waals surface area contributed by atoms with Gasteiger partial charge in [-0.05, 0) is 23.8 Å². The molecular formula is C25H24N4O2S2. The Morgan fingerprint density at radius 1 is 1.03 bits per heavy atom. The maximum atomic E-state index is 13.4. The Labute approximate surface area is 201 Å². The second-order valence-electron chi connectivity index (χ2n) is 7.73. The normalized spacial score (nSPS) is 14.4. The van der Waals surface area contributed by atoms with Gasteiger partial charge >= 0.3 is 0 Å². The molecule has 1 fully saturated rings. The van der Waals surface area contributed by atoms with Crippen LogP contribution < -0.4 is 5.32 Å². The van der Waals surface area contributed by atoms with E-state index >= 15 is 0 Å². The molecule has 0 saturated carbocycles. The summed E-state index contributed by atoms with van der Waals surface area (Å²) in [5, 5.41) is 4.71. The van der Waals surface area contributed by atoms with Gasteiger partial charge in [-0.15, -0.1) is 0 Å². The first-order valence-electron chi connectivity index (χ1n) is 10.9. The third kappa shape index (κ3) is 5.24. The van der Waals surface area contributed by atoms with Gasteiger partial charge in [0.1, 0.15) is 5.58 Å². The van der Waals surface area contributed by atoms with Crippen molar-refractivity contribution >= 4 is 46.1 Å². The topological polar surface area (TPSA) is 71.3 Å². The largest absolute Gasteiger partial charge is 0.451 e. The molecule has 0 aliphatic carbocycles. The van der Waals surface area contributed by atoms with E-state index in [4.69, 9.17) is 4.42 Å². The van der Waals surface area contributed by atoms with Crippen molar-refractivity contribution in [3.05, 3.63) is 83.9 Å². The van der Waals surface area contributed by atoms with Gasteiger partial charge in [0, 0.05) is 65.9 Å². The Bertz CT molecular complexity index is 1240. The summed E-state index contributed by atoms with van der Waals surface area (Å²) in [6.45, 7) is 2.96. The van der Waals surface area contributed by atoms with Gasteiger partial charge in [0.25, 0.3) is 5.91 Å². The summed E-state index contributed by atoms with van der Waals surface area (Å²) in [6, 6.07) is 17.5. The molecule has 33 heavy (non-hydrogen) atoms. The molecule has 2 aromatic carbocycles. The Hall–Kier alpha value is -2.81. The molecule has 1 saturated heterocycles. The summed E-state index contributed by atoms with van der Waals surface area (Å²) >= 11 is 3.48. The van der Waals surface area contributed by atoms with E-state index in [0.717, 1.165) is 53.3 Å². The van der Waals surface area contributed by atoms with Gasteiger partial charge in [-0.1, -0.05) is 48.2 Å². The maximum absolute atomic E-state index is 13.4. The van der Waals surface area contributed by atoms with E-state index in [1.807, 2.05) is 54.2 Å². The number of amides is 1. The molecule has 0 bridgehead atoms. The first kappa shape index (κ1) is 22.0. The number of furan rings is 1. The average Bonchev–Trinajstić information content (AvgIpc) is 3.24. The predicted molar refractivity (Wildman–Crippen MR) is 135 cm³/mol. The van der Waals surface area contributed by atoms with Crippen molar-refractivity contribution in [2.75, 3.05) is 29.9 Å². The molecule has 1 amide bonds. The van der Waals surface area contributed by atoms with E-state index in [0.29, 0.717) is 22.3 Å². The molecule has 5 rings (SSSR count). The van der Waals surface area contributed by atoms with E-state index < -0.39 is 0 Å². The molecular weight excluding hydrogens is 452 g/mol. The van der Waals surface area contributed by atoms with Crippen LogP contribution in [0.1, 0.15) is 21.7 Å². The van der Waals surface area contributed by atoms with Crippen molar-refractivity contribution in [1.29, 1.82) is 0 Å². The summed E-state index contributed by atoms with van der Waals surface area (Å²) in [4.78, 5) is 24.4. The number of carbonyl (C=O) groups excluding carboxylic acids is 1. The highest BCUT2D eigenvalue weighted by molar-refractivity contribution is 7.99. The Morgan fingerprint density at radius 3 is 2.64 bits per heavy atom. The molecule has 8 heteroatoms. The van der Waals surface area contributed by atoms with Gasteiger partial charge in [0.05, 0.1) is 0 Å². The Kier molecular flexibility index (Phi) is 6.95. The number of fused-ring (bicyclic) bond motifs is 1. The number of thioether (sulfide) groups is 2. The van der Waals surface area contributed by atoms with Crippen LogP contribution in [0.5, 0.6) is 0 Å².